The molecule has 5 nitrogen and oxygen atoms in total. The van der Waals surface area contributed by atoms with Crippen LogP contribution < -0.4 is 16.0 Å². The molecule has 1 heterocycles. The molecule has 0 amide bonds. The molecule has 17 heavy (non-hydrogen) atoms. The molecule has 1 aliphatic rings. The van der Waals surface area contributed by atoms with Gasteiger partial charge >= 0.3 is 5.56 Å². The van der Waals surface area contributed by atoms with Crippen LogP contribution in [0.25, 0.3) is 0 Å². The van der Waals surface area contributed by atoms with Crippen molar-refractivity contribution >= 4 is 0 Å². The third-order valence-corrected chi connectivity index (χ3v) is 3.32. The quantitative estimate of drug-likeness (QED) is 0.845. The number of nitrogens with zero attached hydrogens (tertiary/aromatic N) is 2. The highest BCUT2D eigenvalue weighted by Gasteiger charge is 2.30. The van der Waals surface area contributed by atoms with Gasteiger partial charge in [-0.15, -0.1) is 0 Å². The zero-order valence-corrected chi connectivity index (χ0v) is 10.2. The van der Waals surface area contributed by atoms with Crippen LogP contribution in [0.5, 0.6) is 5.88 Å². The zero-order valence-electron chi connectivity index (χ0n) is 10.2. The summed E-state index contributed by atoms with van der Waals surface area (Å²) in [6.45, 7) is 2.90. The first-order chi connectivity index (χ1) is 8.14. The Morgan fingerprint density at radius 1 is 1.53 bits per heavy atom. The summed E-state index contributed by atoms with van der Waals surface area (Å²) in [5, 5.41) is 0. The van der Waals surface area contributed by atoms with Crippen molar-refractivity contribution in [3.63, 3.8) is 0 Å². The second-order valence-corrected chi connectivity index (χ2v) is 4.68. The second-order valence-electron chi connectivity index (χ2n) is 4.68. The van der Waals surface area contributed by atoms with Crippen molar-refractivity contribution in [3.05, 3.63) is 22.7 Å². The summed E-state index contributed by atoms with van der Waals surface area (Å²) >= 11 is 0. The van der Waals surface area contributed by atoms with Crippen LogP contribution in [0.4, 0.5) is 0 Å². The van der Waals surface area contributed by atoms with Crippen LogP contribution in [0.1, 0.15) is 32.6 Å². The topological polar surface area (TPSA) is 70.1 Å². The van der Waals surface area contributed by atoms with Crippen LogP contribution in [0.3, 0.4) is 0 Å². The van der Waals surface area contributed by atoms with Crippen LogP contribution in [0.15, 0.2) is 17.2 Å². The molecular formula is C12H19N3O2. The van der Waals surface area contributed by atoms with Crippen LogP contribution in [0.2, 0.25) is 0 Å². The highest BCUT2D eigenvalue weighted by molar-refractivity contribution is 5.05. The highest BCUT2D eigenvalue weighted by Crippen LogP contribution is 2.27. The first-order valence-electron chi connectivity index (χ1n) is 6.12. The molecule has 2 N–H and O–H groups in total. The van der Waals surface area contributed by atoms with Crippen molar-refractivity contribution in [2.45, 2.75) is 44.7 Å². The molecule has 0 bridgehead atoms. The Hall–Kier alpha value is -1.36. The fourth-order valence-corrected chi connectivity index (χ4v) is 2.21. The third-order valence-electron chi connectivity index (χ3n) is 3.32. The molecule has 1 aromatic heterocycles. The van der Waals surface area contributed by atoms with E-state index in [0.29, 0.717) is 13.2 Å². The lowest BCUT2D eigenvalue weighted by molar-refractivity contribution is 0.209. The van der Waals surface area contributed by atoms with Crippen LogP contribution in [-0.4, -0.2) is 21.7 Å². The molecule has 2 rings (SSSR count). The average molecular weight is 237 g/mol. The summed E-state index contributed by atoms with van der Waals surface area (Å²) in [5.41, 5.74) is 5.71. The largest absolute Gasteiger partial charge is 0.472 e. The van der Waals surface area contributed by atoms with E-state index in [2.05, 4.69) is 4.98 Å². The number of hydrogen-bond donors (Lipinski definition) is 1. The summed E-state index contributed by atoms with van der Waals surface area (Å²) in [6.07, 6.45) is 7.44. The smallest absolute Gasteiger partial charge is 0.313 e. The first-order valence-corrected chi connectivity index (χ1v) is 6.12. The Kier molecular flexibility index (Phi) is 3.47. The minimum atomic E-state index is -0.277. The van der Waals surface area contributed by atoms with Gasteiger partial charge in [-0.3, -0.25) is 4.79 Å². The van der Waals surface area contributed by atoms with E-state index in [9.17, 15) is 4.79 Å². The highest BCUT2D eigenvalue weighted by atomic mass is 16.5. The Balaban J connectivity index is 2.06. The maximum absolute atomic E-state index is 11.8. The van der Waals surface area contributed by atoms with Gasteiger partial charge in [-0.2, -0.15) is 0 Å². The van der Waals surface area contributed by atoms with Gasteiger partial charge in [0.2, 0.25) is 0 Å². The van der Waals surface area contributed by atoms with Crippen molar-refractivity contribution in [1.29, 1.82) is 0 Å². The Morgan fingerprint density at radius 3 is 2.88 bits per heavy atom. The molecule has 0 unspecified atom stereocenters. The molecule has 0 spiro atoms. The lowest BCUT2D eigenvalue weighted by atomic mass is 10.0. The Morgan fingerprint density at radius 2 is 2.24 bits per heavy atom. The number of aromatic nitrogens is 2. The van der Waals surface area contributed by atoms with E-state index in [4.69, 9.17) is 10.5 Å². The minimum Gasteiger partial charge on any atom is -0.472 e. The van der Waals surface area contributed by atoms with Crippen molar-refractivity contribution in [2.24, 2.45) is 5.73 Å². The van der Waals surface area contributed by atoms with Gasteiger partial charge in [-0.05, 0) is 19.8 Å². The molecule has 0 aromatic carbocycles. The lowest BCUT2D eigenvalue weighted by Gasteiger charge is -2.22. The summed E-state index contributed by atoms with van der Waals surface area (Å²) in [7, 11) is 0. The molecule has 1 fully saturated rings. The van der Waals surface area contributed by atoms with Gasteiger partial charge in [0.1, 0.15) is 6.61 Å². The fraction of sp³-hybridized carbons (Fsp3) is 0.667. The third kappa shape index (κ3) is 2.66. The van der Waals surface area contributed by atoms with Gasteiger partial charge in [-0.25, -0.2) is 4.98 Å². The summed E-state index contributed by atoms with van der Waals surface area (Å²) < 4.78 is 7.07. The van der Waals surface area contributed by atoms with Crippen molar-refractivity contribution in [3.8, 4) is 5.88 Å². The van der Waals surface area contributed by atoms with Crippen molar-refractivity contribution in [1.82, 2.24) is 9.55 Å². The number of hydrogen-bond acceptors (Lipinski definition) is 4. The monoisotopic (exact) mass is 237 g/mol. The van der Waals surface area contributed by atoms with Crippen LogP contribution in [-0.2, 0) is 6.54 Å². The Bertz CT molecular complexity index is 436. The van der Waals surface area contributed by atoms with Crippen molar-refractivity contribution < 1.29 is 4.74 Å². The number of ether oxygens (including phenoxy) is 1. The van der Waals surface area contributed by atoms with Crippen LogP contribution >= 0.6 is 0 Å². The second kappa shape index (κ2) is 4.87. The standard InChI is InChI=1S/C12H19N3O2/c1-2-15-8-7-14-10(11(15)16)17-9-12(13)5-3-4-6-12/h7-8H,2-6,9,13H2,1H3. The molecule has 0 aliphatic heterocycles. The molecule has 94 valence electrons. The predicted octanol–water partition coefficient (Wildman–Crippen LogP) is 0.913. The van der Waals surface area contributed by atoms with Gasteiger partial charge in [0, 0.05) is 18.9 Å². The van der Waals surface area contributed by atoms with E-state index in [0.717, 1.165) is 25.7 Å². The summed E-state index contributed by atoms with van der Waals surface area (Å²) in [5.74, 6) is 0.158. The molecule has 0 atom stereocenters. The molecule has 1 aliphatic carbocycles. The van der Waals surface area contributed by atoms with Gasteiger partial charge < -0.3 is 15.0 Å². The van der Waals surface area contributed by atoms with E-state index >= 15 is 0 Å². The van der Waals surface area contributed by atoms with E-state index in [1.54, 1.807) is 17.0 Å². The number of nitrogens with two attached hydrogens (primary N) is 1. The van der Waals surface area contributed by atoms with Gasteiger partial charge in [0.25, 0.3) is 5.88 Å². The van der Waals surface area contributed by atoms with E-state index in [-0.39, 0.29) is 17.0 Å². The molecule has 5 heteroatoms. The lowest BCUT2D eigenvalue weighted by Crippen LogP contribution is -2.43. The maximum Gasteiger partial charge on any atom is 0.313 e. The Labute approximate surface area is 101 Å². The van der Waals surface area contributed by atoms with Crippen molar-refractivity contribution in [2.75, 3.05) is 6.61 Å². The maximum atomic E-state index is 11.8. The zero-order chi connectivity index (χ0) is 12.3. The molecule has 0 saturated heterocycles. The molecule has 0 radical (unpaired) electrons. The molecule has 1 saturated carbocycles. The summed E-state index contributed by atoms with van der Waals surface area (Å²) in [6, 6.07) is 0. The van der Waals surface area contributed by atoms with E-state index < -0.39 is 0 Å². The molecular weight excluding hydrogens is 218 g/mol. The predicted molar refractivity (Wildman–Crippen MR) is 65.1 cm³/mol. The fourth-order valence-electron chi connectivity index (χ4n) is 2.21. The number of rotatable bonds is 4. The average Bonchev–Trinajstić information content (AvgIpc) is 2.75. The van der Waals surface area contributed by atoms with Crippen LogP contribution in [0, 0.1) is 0 Å². The van der Waals surface area contributed by atoms with E-state index in [1.807, 2.05) is 6.92 Å². The minimum absolute atomic E-state index is 0.158. The van der Waals surface area contributed by atoms with Gasteiger partial charge in [-0.1, -0.05) is 12.8 Å². The molecule has 1 aromatic rings. The van der Waals surface area contributed by atoms with E-state index in [1.165, 1.54) is 0 Å². The summed E-state index contributed by atoms with van der Waals surface area (Å²) in [4.78, 5) is 15.8. The van der Waals surface area contributed by atoms with Gasteiger partial charge in [0.15, 0.2) is 0 Å². The number of aryl methyl sites for hydroxylation is 1. The van der Waals surface area contributed by atoms with Gasteiger partial charge in [0.05, 0.1) is 5.54 Å². The normalized spacial score (nSPS) is 18.2. The first kappa shape index (κ1) is 12.1. The SMILES string of the molecule is CCn1ccnc(OCC2(N)CCCC2)c1=O.